The topological polar surface area (TPSA) is 104 Å². The van der Waals surface area contributed by atoms with Crippen molar-refractivity contribution in [1.29, 1.82) is 0 Å². The standard InChI is InChI=1S/C17H24N4O4S/c1-26(24,25)21-8-6-19(7-9-21)16(22)12-20-11-14-5-3-2-4-13(14)10-15(20)17(18)23/h2-5,15H,6-12H2,1H3,(H2,18,23)/t15-/m0/s1. The van der Waals surface area contributed by atoms with Gasteiger partial charge in [-0.3, -0.25) is 14.5 Å². The maximum absolute atomic E-state index is 12.7. The fourth-order valence-electron chi connectivity index (χ4n) is 3.57. The number of fused-ring (bicyclic) bond motifs is 1. The van der Waals surface area contributed by atoms with E-state index in [9.17, 15) is 18.0 Å². The van der Waals surface area contributed by atoms with Crippen LogP contribution in [0.5, 0.6) is 0 Å². The van der Waals surface area contributed by atoms with Gasteiger partial charge in [0.05, 0.1) is 18.8 Å². The van der Waals surface area contributed by atoms with Crippen molar-refractivity contribution in [2.75, 3.05) is 39.0 Å². The number of carbonyl (C=O) groups is 2. The van der Waals surface area contributed by atoms with E-state index in [2.05, 4.69) is 0 Å². The van der Waals surface area contributed by atoms with Crippen LogP contribution in [0, 0.1) is 0 Å². The summed E-state index contributed by atoms with van der Waals surface area (Å²) in [6.07, 6.45) is 1.67. The average Bonchev–Trinajstić information content (AvgIpc) is 2.60. The molecule has 2 heterocycles. The van der Waals surface area contributed by atoms with Crippen molar-refractivity contribution in [2.24, 2.45) is 5.73 Å². The van der Waals surface area contributed by atoms with Crippen LogP contribution in [-0.2, 0) is 32.6 Å². The number of nitrogens with zero attached hydrogens (tertiary/aromatic N) is 3. The van der Waals surface area contributed by atoms with Crippen LogP contribution in [0.15, 0.2) is 24.3 Å². The van der Waals surface area contributed by atoms with Crippen LogP contribution in [0.25, 0.3) is 0 Å². The summed E-state index contributed by atoms with van der Waals surface area (Å²) in [4.78, 5) is 28.0. The molecule has 2 amide bonds. The molecule has 0 aliphatic carbocycles. The van der Waals surface area contributed by atoms with Gasteiger partial charge in [-0.05, 0) is 17.5 Å². The van der Waals surface area contributed by atoms with Gasteiger partial charge in [0.2, 0.25) is 21.8 Å². The number of amides is 2. The summed E-state index contributed by atoms with van der Waals surface area (Å²) in [5.41, 5.74) is 7.74. The number of primary amides is 1. The van der Waals surface area contributed by atoms with Gasteiger partial charge < -0.3 is 10.6 Å². The highest BCUT2D eigenvalue weighted by Crippen LogP contribution is 2.23. The molecule has 0 unspecified atom stereocenters. The predicted octanol–water partition coefficient (Wildman–Crippen LogP) is -0.998. The number of nitrogens with two attached hydrogens (primary N) is 1. The van der Waals surface area contributed by atoms with E-state index in [4.69, 9.17) is 5.73 Å². The van der Waals surface area contributed by atoms with Crippen molar-refractivity contribution in [3.05, 3.63) is 35.4 Å². The van der Waals surface area contributed by atoms with Crippen LogP contribution in [0.1, 0.15) is 11.1 Å². The zero-order valence-electron chi connectivity index (χ0n) is 14.8. The molecule has 2 aliphatic heterocycles. The molecule has 142 valence electrons. The van der Waals surface area contributed by atoms with E-state index < -0.39 is 22.0 Å². The molecule has 2 aliphatic rings. The third-order valence-corrected chi connectivity index (χ3v) is 6.38. The van der Waals surface area contributed by atoms with Gasteiger partial charge >= 0.3 is 0 Å². The Kier molecular flexibility index (Phi) is 5.31. The molecule has 0 spiro atoms. The Balaban J connectivity index is 1.66. The quantitative estimate of drug-likeness (QED) is 0.722. The molecule has 8 nitrogen and oxygen atoms in total. The van der Waals surface area contributed by atoms with Crippen molar-refractivity contribution in [3.8, 4) is 0 Å². The zero-order valence-corrected chi connectivity index (χ0v) is 15.6. The van der Waals surface area contributed by atoms with Gasteiger partial charge in [0.1, 0.15) is 0 Å². The number of sulfonamides is 1. The number of hydrogen-bond donors (Lipinski definition) is 1. The lowest BCUT2D eigenvalue weighted by Crippen LogP contribution is -2.55. The number of carbonyl (C=O) groups excluding carboxylic acids is 2. The van der Waals surface area contributed by atoms with Crippen LogP contribution >= 0.6 is 0 Å². The fraction of sp³-hybridized carbons (Fsp3) is 0.529. The first kappa shape index (κ1) is 18.8. The SMILES string of the molecule is CS(=O)(=O)N1CCN(C(=O)CN2Cc3ccccc3C[C@H]2C(N)=O)CC1. The molecule has 0 radical (unpaired) electrons. The van der Waals surface area contributed by atoms with E-state index in [1.165, 1.54) is 10.6 Å². The van der Waals surface area contributed by atoms with Gasteiger partial charge in [0.15, 0.2) is 0 Å². The Morgan fingerprint density at radius 1 is 1.12 bits per heavy atom. The maximum atomic E-state index is 12.7. The molecule has 2 N–H and O–H groups in total. The summed E-state index contributed by atoms with van der Waals surface area (Å²) in [7, 11) is -3.23. The molecule has 0 aromatic heterocycles. The van der Waals surface area contributed by atoms with Crippen molar-refractivity contribution >= 4 is 21.8 Å². The van der Waals surface area contributed by atoms with E-state index in [-0.39, 0.29) is 12.5 Å². The minimum Gasteiger partial charge on any atom is -0.368 e. The molecule has 1 atom stereocenters. The van der Waals surface area contributed by atoms with Crippen LogP contribution < -0.4 is 5.73 Å². The number of piperazine rings is 1. The lowest BCUT2D eigenvalue weighted by Gasteiger charge is -2.38. The average molecular weight is 380 g/mol. The van der Waals surface area contributed by atoms with E-state index in [0.717, 1.165) is 11.1 Å². The van der Waals surface area contributed by atoms with Crippen molar-refractivity contribution < 1.29 is 18.0 Å². The molecule has 1 aromatic rings. The Labute approximate surface area is 153 Å². The fourth-order valence-corrected chi connectivity index (χ4v) is 4.39. The Morgan fingerprint density at radius 2 is 1.73 bits per heavy atom. The zero-order chi connectivity index (χ0) is 18.9. The summed E-state index contributed by atoms with van der Waals surface area (Å²) in [5.74, 6) is -0.544. The summed E-state index contributed by atoms with van der Waals surface area (Å²) >= 11 is 0. The first-order valence-corrected chi connectivity index (χ1v) is 10.4. The molecule has 26 heavy (non-hydrogen) atoms. The monoisotopic (exact) mass is 380 g/mol. The lowest BCUT2D eigenvalue weighted by molar-refractivity contribution is -0.136. The Bertz CT molecular complexity index is 803. The summed E-state index contributed by atoms with van der Waals surface area (Å²) in [6.45, 7) is 1.91. The smallest absolute Gasteiger partial charge is 0.236 e. The highest BCUT2D eigenvalue weighted by molar-refractivity contribution is 7.88. The predicted molar refractivity (Wildman–Crippen MR) is 96.5 cm³/mol. The first-order valence-electron chi connectivity index (χ1n) is 8.59. The van der Waals surface area contributed by atoms with E-state index in [0.29, 0.717) is 39.1 Å². The Morgan fingerprint density at radius 3 is 2.31 bits per heavy atom. The van der Waals surface area contributed by atoms with Gasteiger partial charge in [-0.25, -0.2) is 8.42 Å². The number of rotatable bonds is 4. The minimum absolute atomic E-state index is 0.0980. The molecular formula is C17H24N4O4S. The maximum Gasteiger partial charge on any atom is 0.236 e. The second-order valence-electron chi connectivity index (χ2n) is 6.84. The first-order chi connectivity index (χ1) is 12.3. The van der Waals surface area contributed by atoms with Gasteiger partial charge in [0.25, 0.3) is 0 Å². The molecule has 3 rings (SSSR count). The second-order valence-corrected chi connectivity index (χ2v) is 8.82. The third-order valence-electron chi connectivity index (χ3n) is 5.07. The number of benzene rings is 1. The van der Waals surface area contributed by atoms with Crippen molar-refractivity contribution in [1.82, 2.24) is 14.1 Å². The molecule has 9 heteroatoms. The molecule has 1 fully saturated rings. The molecule has 1 saturated heterocycles. The Hall–Kier alpha value is -1.97. The largest absolute Gasteiger partial charge is 0.368 e. The lowest BCUT2D eigenvalue weighted by atomic mass is 9.93. The van der Waals surface area contributed by atoms with Crippen LogP contribution in [0.4, 0.5) is 0 Å². The normalized spacial score (nSPS) is 22.0. The highest BCUT2D eigenvalue weighted by Gasteiger charge is 2.33. The van der Waals surface area contributed by atoms with Gasteiger partial charge in [-0.15, -0.1) is 0 Å². The summed E-state index contributed by atoms with van der Waals surface area (Å²) in [6, 6.07) is 7.34. The highest BCUT2D eigenvalue weighted by atomic mass is 32.2. The third kappa shape index (κ3) is 4.05. The van der Waals surface area contributed by atoms with Gasteiger partial charge in [-0.2, -0.15) is 4.31 Å². The second kappa shape index (κ2) is 7.34. The van der Waals surface area contributed by atoms with Crippen molar-refractivity contribution in [2.45, 2.75) is 19.0 Å². The number of hydrogen-bond acceptors (Lipinski definition) is 5. The van der Waals surface area contributed by atoms with E-state index in [1.54, 1.807) is 4.90 Å². The molecule has 0 bridgehead atoms. The van der Waals surface area contributed by atoms with Crippen LogP contribution in [-0.4, -0.2) is 79.4 Å². The minimum atomic E-state index is -3.23. The van der Waals surface area contributed by atoms with E-state index in [1.807, 2.05) is 29.2 Å². The van der Waals surface area contributed by atoms with Gasteiger partial charge in [-0.1, -0.05) is 24.3 Å². The molecular weight excluding hydrogens is 356 g/mol. The van der Waals surface area contributed by atoms with Gasteiger partial charge in [0, 0.05) is 32.7 Å². The van der Waals surface area contributed by atoms with Crippen LogP contribution in [0.3, 0.4) is 0 Å². The summed E-state index contributed by atoms with van der Waals surface area (Å²) in [5, 5.41) is 0. The van der Waals surface area contributed by atoms with E-state index >= 15 is 0 Å². The molecule has 0 saturated carbocycles. The summed E-state index contributed by atoms with van der Waals surface area (Å²) < 4.78 is 24.5. The van der Waals surface area contributed by atoms with Crippen LogP contribution in [0.2, 0.25) is 0 Å². The van der Waals surface area contributed by atoms with Crippen molar-refractivity contribution in [3.63, 3.8) is 0 Å². The molecule has 1 aromatic carbocycles.